The van der Waals surface area contributed by atoms with Crippen LogP contribution in [0.25, 0.3) is 0 Å². The number of carbonyl (C=O) groups excluding carboxylic acids is 1. The van der Waals surface area contributed by atoms with Gasteiger partial charge in [-0.3, -0.25) is 4.79 Å². The van der Waals surface area contributed by atoms with Gasteiger partial charge in [0, 0.05) is 25.7 Å². The summed E-state index contributed by atoms with van der Waals surface area (Å²) in [5.41, 5.74) is 5.91. The van der Waals surface area contributed by atoms with Gasteiger partial charge in [0.05, 0.1) is 11.1 Å². The van der Waals surface area contributed by atoms with E-state index < -0.39 is 12.0 Å². The first kappa shape index (κ1) is 19.4. The summed E-state index contributed by atoms with van der Waals surface area (Å²) in [7, 11) is 0. The Morgan fingerprint density at radius 2 is 2.08 bits per heavy atom. The van der Waals surface area contributed by atoms with Gasteiger partial charge in [0.2, 0.25) is 5.91 Å². The number of anilines is 1. The Morgan fingerprint density at radius 1 is 1.40 bits per heavy atom. The summed E-state index contributed by atoms with van der Waals surface area (Å²) in [5, 5.41) is 3.08. The average Bonchev–Trinajstić information content (AvgIpc) is 3.05. The van der Waals surface area contributed by atoms with Crippen LogP contribution in [-0.4, -0.2) is 38.2 Å². The Hall–Kier alpha value is -1.89. The van der Waals surface area contributed by atoms with Crippen LogP contribution in [-0.2, 0) is 4.79 Å². The predicted octanol–water partition coefficient (Wildman–Crippen LogP) is 2.75. The highest BCUT2D eigenvalue weighted by molar-refractivity contribution is 5.83. The first-order valence-corrected chi connectivity index (χ1v) is 8.75. The molecule has 1 aliphatic heterocycles. The van der Waals surface area contributed by atoms with Gasteiger partial charge in [-0.1, -0.05) is 26.0 Å². The molecule has 25 heavy (non-hydrogen) atoms. The molecule has 1 aliphatic rings. The lowest BCUT2D eigenvalue weighted by atomic mass is 9.81. The molecular formula is C18H27F2N3O2. The Balaban J connectivity index is 2.04. The highest BCUT2D eigenvalue weighted by atomic mass is 19.3. The minimum atomic E-state index is -2.86. The van der Waals surface area contributed by atoms with E-state index in [1.165, 1.54) is 6.07 Å². The lowest BCUT2D eigenvalue weighted by Crippen LogP contribution is -2.49. The van der Waals surface area contributed by atoms with Gasteiger partial charge < -0.3 is 20.7 Å². The zero-order valence-corrected chi connectivity index (χ0v) is 14.8. The summed E-state index contributed by atoms with van der Waals surface area (Å²) in [6.07, 6.45) is 2.13. The fourth-order valence-corrected chi connectivity index (χ4v) is 3.30. The third-order valence-corrected chi connectivity index (χ3v) is 5.17. The van der Waals surface area contributed by atoms with Gasteiger partial charge in [-0.2, -0.15) is 8.78 Å². The van der Waals surface area contributed by atoms with Crippen molar-refractivity contribution in [2.24, 2.45) is 11.1 Å². The number of benzene rings is 1. The van der Waals surface area contributed by atoms with Crippen molar-refractivity contribution >= 4 is 11.6 Å². The van der Waals surface area contributed by atoms with Crippen LogP contribution in [0.1, 0.15) is 33.1 Å². The molecule has 0 saturated carbocycles. The third-order valence-electron chi connectivity index (χ3n) is 5.17. The smallest absolute Gasteiger partial charge is 0.387 e. The van der Waals surface area contributed by atoms with Gasteiger partial charge in [0.25, 0.3) is 0 Å². The van der Waals surface area contributed by atoms with Crippen molar-refractivity contribution in [2.45, 2.75) is 45.8 Å². The van der Waals surface area contributed by atoms with Gasteiger partial charge in [0.15, 0.2) is 0 Å². The molecule has 0 spiro atoms. The van der Waals surface area contributed by atoms with Crippen molar-refractivity contribution in [3.05, 3.63) is 24.3 Å². The van der Waals surface area contributed by atoms with E-state index >= 15 is 0 Å². The number of rotatable bonds is 8. The molecule has 3 N–H and O–H groups in total. The van der Waals surface area contributed by atoms with Gasteiger partial charge in [-0.25, -0.2) is 0 Å². The average molecular weight is 355 g/mol. The standard InChI is InChI=1S/C18H27F2N3O2/c1-3-18(4-2,12-21)16(24)22-13-9-10-23(11-13)14-7-5-6-8-15(14)25-17(19)20/h5-8,13,17H,3-4,9-12,21H2,1-2H3,(H,22,24). The summed E-state index contributed by atoms with van der Waals surface area (Å²) in [6, 6.07) is 6.70. The molecule has 1 saturated heterocycles. The molecule has 1 heterocycles. The third kappa shape index (κ3) is 4.39. The van der Waals surface area contributed by atoms with Crippen molar-refractivity contribution < 1.29 is 18.3 Å². The minimum absolute atomic E-state index is 0.0241. The molecule has 140 valence electrons. The summed E-state index contributed by atoms with van der Waals surface area (Å²) < 4.78 is 29.8. The normalized spacial score (nSPS) is 17.8. The summed E-state index contributed by atoms with van der Waals surface area (Å²) in [6.45, 7) is 2.61. The molecule has 1 unspecified atom stereocenters. The Labute approximate surface area is 147 Å². The monoisotopic (exact) mass is 355 g/mol. The van der Waals surface area contributed by atoms with Crippen LogP contribution in [0.3, 0.4) is 0 Å². The van der Waals surface area contributed by atoms with Crippen LogP contribution in [0.15, 0.2) is 24.3 Å². The molecule has 1 aromatic rings. The molecule has 1 fully saturated rings. The Bertz CT molecular complexity index is 571. The molecule has 1 amide bonds. The number of nitrogens with two attached hydrogens (primary N) is 1. The van der Waals surface area contributed by atoms with Gasteiger partial charge in [-0.15, -0.1) is 0 Å². The first-order chi connectivity index (χ1) is 12.0. The number of hydrogen-bond donors (Lipinski definition) is 2. The highest BCUT2D eigenvalue weighted by Gasteiger charge is 2.36. The van der Waals surface area contributed by atoms with Crippen molar-refractivity contribution in [3.8, 4) is 5.75 Å². The number of alkyl halides is 2. The molecule has 1 atom stereocenters. The second kappa shape index (κ2) is 8.47. The number of nitrogens with one attached hydrogen (secondary N) is 1. The van der Waals surface area contributed by atoms with Crippen LogP contribution in [0.4, 0.5) is 14.5 Å². The molecule has 0 aromatic heterocycles. The lowest BCUT2D eigenvalue weighted by Gasteiger charge is -2.30. The number of carbonyl (C=O) groups is 1. The maximum atomic E-state index is 12.6. The maximum absolute atomic E-state index is 12.6. The number of para-hydroxylation sites is 2. The molecule has 5 nitrogen and oxygen atoms in total. The predicted molar refractivity (Wildman–Crippen MR) is 93.9 cm³/mol. The first-order valence-electron chi connectivity index (χ1n) is 8.75. The topological polar surface area (TPSA) is 67.6 Å². The van der Waals surface area contributed by atoms with Crippen LogP contribution in [0.5, 0.6) is 5.75 Å². The molecule has 7 heteroatoms. The van der Waals surface area contributed by atoms with E-state index in [0.29, 0.717) is 38.2 Å². The number of halogens is 2. The van der Waals surface area contributed by atoms with Crippen molar-refractivity contribution in [1.82, 2.24) is 5.32 Å². The lowest BCUT2D eigenvalue weighted by molar-refractivity contribution is -0.131. The fraction of sp³-hybridized carbons (Fsp3) is 0.611. The van der Waals surface area contributed by atoms with E-state index in [9.17, 15) is 13.6 Å². The Morgan fingerprint density at radius 3 is 2.68 bits per heavy atom. The van der Waals surface area contributed by atoms with E-state index in [4.69, 9.17) is 5.73 Å². The number of amides is 1. The van der Waals surface area contributed by atoms with Crippen LogP contribution in [0, 0.1) is 5.41 Å². The van der Waals surface area contributed by atoms with Gasteiger partial charge in [-0.05, 0) is 31.4 Å². The van der Waals surface area contributed by atoms with E-state index in [2.05, 4.69) is 10.1 Å². The van der Waals surface area contributed by atoms with Crippen molar-refractivity contribution in [1.29, 1.82) is 0 Å². The second-order valence-corrected chi connectivity index (χ2v) is 6.44. The minimum Gasteiger partial charge on any atom is -0.433 e. The number of nitrogens with zero attached hydrogens (tertiary/aromatic N) is 1. The van der Waals surface area contributed by atoms with E-state index in [0.717, 1.165) is 6.42 Å². The largest absolute Gasteiger partial charge is 0.433 e. The van der Waals surface area contributed by atoms with Crippen LogP contribution in [0.2, 0.25) is 0 Å². The summed E-state index contributed by atoms with van der Waals surface area (Å²) >= 11 is 0. The number of ether oxygens (including phenoxy) is 1. The quantitative estimate of drug-likeness (QED) is 0.752. The fourth-order valence-electron chi connectivity index (χ4n) is 3.30. The second-order valence-electron chi connectivity index (χ2n) is 6.44. The van der Waals surface area contributed by atoms with Crippen LogP contribution < -0.4 is 20.7 Å². The summed E-state index contributed by atoms with van der Waals surface area (Å²) in [5.74, 6) is 0.131. The van der Waals surface area contributed by atoms with Crippen LogP contribution >= 0.6 is 0 Å². The van der Waals surface area contributed by atoms with E-state index in [1.54, 1.807) is 18.2 Å². The van der Waals surface area contributed by atoms with Crippen molar-refractivity contribution in [2.75, 3.05) is 24.5 Å². The number of hydrogen-bond acceptors (Lipinski definition) is 4. The zero-order chi connectivity index (χ0) is 18.4. The SMILES string of the molecule is CCC(CC)(CN)C(=O)NC1CCN(c2ccccc2OC(F)F)C1. The molecule has 1 aromatic carbocycles. The molecular weight excluding hydrogens is 328 g/mol. The van der Waals surface area contributed by atoms with Gasteiger partial charge in [0.1, 0.15) is 5.75 Å². The van der Waals surface area contributed by atoms with Gasteiger partial charge >= 0.3 is 6.61 Å². The van der Waals surface area contributed by atoms with E-state index in [-0.39, 0.29) is 17.7 Å². The maximum Gasteiger partial charge on any atom is 0.387 e. The molecule has 0 radical (unpaired) electrons. The Kier molecular flexibility index (Phi) is 6.58. The molecule has 0 aliphatic carbocycles. The summed E-state index contributed by atoms with van der Waals surface area (Å²) in [4.78, 5) is 14.6. The molecule has 0 bridgehead atoms. The van der Waals surface area contributed by atoms with E-state index in [1.807, 2.05) is 18.7 Å². The highest BCUT2D eigenvalue weighted by Crippen LogP contribution is 2.32. The van der Waals surface area contributed by atoms with Crippen molar-refractivity contribution in [3.63, 3.8) is 0 Å². The molecule has 2 rings (SSSR count). The zero-order valence-electron chi connectivity index (χ0n) is 14.8.